The summed E-state index contributed by atoms with van der Waals surface area (Å²) in [7, 11) is 0. The molecule has 0 spiro atoms. The van der Waals surface area contributed by atoms with Crippen LogP contribution in [0.2, 0.25) is 10.0 Å². The lowest BCUT2D eigenvalue weighted by atomic mass is 10.0. The van der Waals surface area contributed by atoms with E-state index in [1.165, 1.54) is 55.1 Å². The first-order valence-electron chi connectivity index (χ1n) is 16.2. The number of hydrogen-bond acceptors (Lipinski definition) is 2. The molecule has 2 aliphatic rings. The van der Waals surface area contributed by atoms with Gasteiger partial charge < -0.3 is 14.8 Å². The highest BCUT2D eigenvalue weighted by molar-refractivity contribution is 6.37. The zero-order valence-electron chi connectivity index (χ0n) is 26.0. The summed E-state index contributed by atoms with van der Waals surface area (Å²) in [6.07, 6.45) is 11.3. The third-order valence-electron chi connectivity index (χ3n) is 9.71. The summed E-state index contributed by atoms with van der Waals surface area (Å²) in [5.74, 6) is 0. The molecule has 0 radical (unpaired) electrons. The first-order chi connectivity index (χ1) is 22.6. The Bertz CT molecular complexity index is 2290. The van der Waals surface area contributed by atoms with Crippen LogP contribution in [-0.4, -0.2) is 11.1 Å². The normalized spacial score (nSPS) is 17.7. The number of aryl methyl sites for hydroxylation is 1. The number of likely N-dealkylation sites (N-methyl/N-ethyl adjacent to an activating group) is 1. The van der Waals surface area contributed by atoms with E-state index in [0.717, 1.165) is 52.4 Å². The van der Waals surface area contributed by atoms with Crippen LogP contribution in [0.25, 0.3) is 38.5 Å². The van der Waals surface area contributed by atoms with Gasteiger partial charge in [0.2, 0.25) is 0 Å². The van der Waals surface area contributed by atoms with E-state index in [-0.39, 0.29) is 6.04 Å². The summed E-state index contributed by atoms with van der Waals surface area (Å²) in [4.78, 5) is 2.48. The van der Waals surface area contributed by atoms with E-state index in [2.05, 4.69) is 132 Å². The van der Waals surface area contributed by atoms with Crippen LogP contribution in [0.1, 0.15) is 38.3 Å². The van der Waals surface area contributed by atoms with Crippen molar-refractivity contribution >= 4 is 73.1 Å². The highest BCUT2D eigenvalue weighted by Crippen LogP contribution is 2.47. The molecule has 1 unspecified atom stereocenters. The largest absolute Gasteiger partial charge is 0.361 e. The summed E-state index contributed by atoms with van der Waals surface area (Å²) in [5, 5.41) is 12.6. The maximum atomic E-state index is 6.64. The molecule has 1 atom stereocenters. The predicted octanol–water partition coefficient (Wildman–Crippen LogP) is 11.0. The zero-order valence-corrected chi connectivity index (χ0v) is 27.5. The Hall–Kier alpha value is -4.44. The Kier molecular flexibility index (Phi) is 7.39. The fourth-order valence-corrected chi connectivity index (χ4v) is 8.06. The van der Waals surface area contributed by atoms with Gasteiger partial charge in [-0.15, -0.1) is 0 Å². The molecule has 0 saturated heterocycles. The van der Waals surface area contributed by atoms with E-state index < -0.39 is 0 Å². The minimum atomic E-state index is 0.158. The molecular weight excluding hydrogens is 605 g/mol. The van der Waals surface area contributed by atoms with Gasteiger partial charge in [-0.3, -0.25) is 0 Å². The molecular formula is C41H35Cl2N3. The summed E-state index contributed by atoms with van der Waals surface area (Å²) in [6.45, 7) is 6.24. The Morgan fingerprint density at radius 3 is 2.26 bits per heavy atom. The van der Waals surface area contributed by atoms with Crippen LogP contribution in [-0.2, 0) is 6.54 Å². The molecule has 0 bridgehead atoms. The van der Waals surface area contributed by atoms with Gasteiger partial charge in [-0.1, -0.05) is 96.0 Å². The van der Waals surface area contributed by atoms with Crippen LogP contribution >= 0.6 is 23.2 Å². The van der Waals surface area contributed by atoms with E-state index in [4.69, 9.17) is 23.2 Å². The fraction of sp³-hybridized carbons (Fsp3) is 0.171. The number of nitrogens with zero attached hydrogens (tertiary/aromatic N) is 2. The number of nitrogens with one attached hydrogen (secondary N) is 1. The van der Waals surface area contributed by atoms with Gasteiger partial charge in [-0.2, -0.15) is 0 Å². The SMILES string of the molecule is CCN1c2ccc(Cl)c3cccc(c23)C1/C=C/C1=C(Nc2ccccc2)C(=C/C=c2\c3cccc4c(Cl)ccc(c43)n2CC)/CC1. The van der Waals surface area contributed by atoms with E-state index in [1.807, 2.05) is 12.1 Å². The molecule has 0 fully saturated rings. The molecule has 1 aromatic heterocycles. The van der Waals surface area contributed by atoms with Crippen molar-refractivity contribution in [2.24, 2.45) is 0 Å². The third-order valence-corrected chi connectivity index (χ3v) is 10.4. The van der Waals surface area contributed by atoms with E-state index in [9.17, 15) is 0 Å². The molecule has 1 aliphatic carbocycles. The van der Waals surface area contributed by atoms with Gasteiger partial charge in [0, 0.05) is 78.0 Å². The summed E-state index contributed by atoms with van der Waals surface area (Å²) in [6, 6.07) is 32.0. The summed E-state index contributed by atoms with van der Waals surface area (Å²) < 4.78 is 2.40. The van der Waals surface area contributed by atoms with Crippen LogP contribution in [0.15, 0.2) is 126 Å². The molecule has 1 N–H and O–H groups in total. The molecule has 1 aliphatic heterocycles. The topological polar surface area (TPSA) is 20.2 Å². The van der Waals surface area contributed by atoms with Gasteiger partial charge in [0.15, 0.2) is 0 Å². The second-order valence-corrected chi connectivity index (χ2v) is 12.9. The summed E-state index contributed by atoms with van der Waals surface area (Å²) >= 11 is 13.3. The Morgan fingerprint density at radius 2 is 1.48 bits per heavy atom. The smallest absolute Gasteiger partial charge is 0.0736 e. The quantitative estimate of drug-likeness (QED) is 0.187. The average molecular weight is 641 g/mol. The van der Waals surface area contributed by atoms with Crippen molar-refractivity contribution in [1.82, 2.24) is 4.57 Å². The number of para-hydroxylation sites is 1. The number of halogens is 2. The van der Waals surface area contributed by atoms with Crippen molar-refractivity contribution in [1.29, 1.82) is 0 Å². The number of aromatic nitrogens is 1. The maximum absolute atomic E-state index is 6.64. The van der Waals surface area contributed by atoms with Crippen molar-refractivity contribution in [3.63, 3.8) is 0 Å². The van der Waals surface area contributed by atoms with Crippen LogP contribution in [0.3, 0.4) is 0 Å². The lowest BCUT2D eigenvalue weighted by Gasteiger charge is -2.25. The molecule has 6 aromatic rings. The Balaban J connectivity index is 1.24. The number of allylic oxidation sites excluding steroid dienone is 4. The van der Waals surface area contributed by atoms with Crippen molar-refractivity contribution in [2.75, 3.05) is 16.8 Å². The van der Waals surface area contributed by atoms with Crippen LogP contribution < -0.4 is 15.6 Å². The second kappa shape index (κ2) is 11.7. The molecule has 8 rings (SSSR count). The lowest BCUT2D eigenvalue weighted by molar-refractivity contribution is 0.774. The maximum Gasteiger partial charge on any atom is 0.0736 e. The predicted molar refractivity (Wildman–Crippen MR) is 198 cm³/mol. The van der Waals surface area contributed by atoms with Crippen molar-refractivity contribution in [3.05, 3.63) is 147 Å². The highest BCUT2D eigenvalue weighted by Gasteiger charge is 2.29. The van der Waals surface area contributed by atoms with Crippen molar-refractivity contribution < 1.29 is 0 Å². The number of benzene rings is 5. The van der Waals surface area contributed by atoms with E-state index in [0.29, 0.717) is 0 Å². The van der Waals surface area contributed by atoms with Gasteiger partial charge >= 0.3 is 0 Å². The monoisotopic (exact) mass is 639 g/mol. The Labute approximate surface area is 279 Å². The van der Waals surface area contributed by atoms with Gasteiger partial charge in [-0.05, 0) is 85.9 Å². The van der Waals surface area contributed by atoms with Crippen LogP contribution in [0.4, 0.5) is 11.4 Å². The molecule has 228 valence electrons. The molecule has 0 amide bonds. The molecule has 46 heavy (non-hydrogen) atoms. The third kappa shape index (κ3) is 4.64. The standard InChI is InChI=1S/C41H35Cl2N3/c1-3-45-35(31-14-8-12-29-33(42)20-24-37(45)39(29)31)22-18-26-16-17-27(41(26)44-28-10-6-5-7-11-28)19-23-36-32-15-9-13-30-34(43)21-25-38(40(30)32)46(36)4-2/h5-15,18-25,35,44H,3-4,16-17H2,1-2H3/b22-18+,27-19+,36-23+. The van der Waals surface area contributed by atoms with Gasteiger partial charge in [0.05, 0.1) is 6.04 Å². The first kappa shape index (κ1) is 29.0. The lowest BCUT2D eigenvalue weighted by Crippen LogP contribution is -2.22. The molecule has 2 heterocycles. The molecule has 3 nitrogen and oxygen atoms in total. The summed E-state index contributed by atoms with van der Waals surface area (Å²) in [5.41, 5.74) is 8.72. The van der Waals surface area contributed by atoms with Crippen LogP contribution in [0.5, 0.6) is 0 Å². The zero-order chi connectivity index (χ0) is 31.4. The highest BCUT2D eigenvalue weighted by atomic mass is 35.5. The van der Waals surface area contributed by atoms with Gasteiger partial charge in [0.25, 0.3) is 0 Å². The van der Waals surface area contributed by atoms with Crippen molar-refractivity contribution in [2.45, 2.75) is 39.3 Å². The molecule has 0 saturated carbocycles. The van der Waals surface area contributed by atoms with E-state index >= 15 is 0 Å². The average Bonchev–Trinajstić information content (AvgIpc) is 3.72. The number of anilines is 2. The minimum Gasteiger partial charge on any atom is -0.361 e. The number of rotatable bonds is 7. The molecule has 5 heteroatoms. The number of hydrogen-bond donors (Lipinski definition) is 1. The van der Waals surface area contributed by atoms with Crippen LogP contribution in [0, 0.1) is 0 Å². The first-order valence-corrected chi connectivity index (χ1v) is 16.9. The van der Waals surface area contributed by atoms with Gasteiger partial charge in [0.1, 0.15) is 0 Å². The second-order valence-electron chi connectivity index (χ2n) is 12.1. The van der Waals surface area contributed by atoms with Crippen molar-refractivity contribution in [3.8, 4) is 0 Å². The van der Waals surface area contributed by atoms with E-state index in [1.54, 1.807) is 0 Å². The molecule has 5 aromatic carbocycles. The van der Waals surface area contributed by atoms with Gasteiger partial charge in [-0.25, -0.2) is 0 Å². The Morgan fingerprint density at radius 1 is 0.739 bits per heavy atom. The minimum absolute atomic E-state index is 0.158. The fourth-order valence-electron chi connectivity index (χ4n) is 7.62.